The van der Waals surface area contributed by atoms with E-state index in [2.05, 4.69) is 31.1 Å². The van der Waals surface area contributed by atoms with E-state index in [1.54, 1.807) is 11.3 Å². The summed E-state index contributed by atoms with van der Waals surface area (Å²) < 4.78 is 5.88. The maximum absolute atomic E-state index is 10.9. The van der Waals surface area contributed by atoms with Gasteiger partial charge in [0.2, 0.25) is 0 Å². The number of carbonyl (C=O) groups is 1. The number of ether oxygens (including phenoxy) is 1. The Bertz CT molecular complexity index is 456. The van der Waals surface area contributed by atoms with E-state index >= 15 is 0 Å². The Morgan fingerprint density at radius 3 is 2.55 bits per heavy atom. The molecule has 0 saturated heterocycles. The van der Waals surface area contributed by atoms with Gasteiger partial charge in [-0.1, -0.05) is 20.8 Å². The van der Waals surface area contributed by atoms with Crippen molar-refractivity contribution in [3.63, 3.8) is 0 Å². The summed E-state index contributed by atoms with van der Waals surface area (Å²) in [6.07, 6.45) is 3.33. The molecule has 0 aliphatic heterocycles. The van der Waals surface area contributed by atoms with Crippen molar-refractivity contribution in [1.29, 1.82) is 0 Å². The predicted octanol–water partition coefficient (Wildman–Crippen LogP) is 3.60. The Morgan fingerprint density at radius 1 is 1.40 bits per heavy atom. The third-order valence-electron chi connectivity index (χ3n) is 3.79. The Morgan fingerprint density at radius 2 is 2.05 bits per heavy atom. The van der Waals surface area contributed by atoms with Gasteiger partial charge in [-0.15, -0.1) is 11.3 Å². The second-order valence-electron chi connectivity index (χ2n) is 6.50. The number of hydrogen-bond acceptors (Lipinski definition) is 4. The van der Waals surface area contributed by atoms with Crippen LogP contribution in [0.5, 0.6) is 0 Å². The minimum absolute atomic E-state index is 0.0777. The summed E-state index contributed by atoms with van der Waals surface area (Å²) >= 11 is 1.64. The van der Waals surface area contributed by atoms with Gasteiger partial charge in [-0.25, -0.2) is 4.98 Å². The number of thiazole rings is 1. The molecule has 0 spiro atoms. The monoisotopic (exact) mass is 297 g/mol. The molecule has 1 N–H and O–H groups in total. The van der Waals surface area contributed by atoms with Gasteiger partial charge in [0, 0.05) is 10.8 Å². The molecule has 1 aliphatic carbocycles. The molecule has 2 rings (SSSR count). The Balaban J connectivity index is 1.79. The number of hydrogen-bond donors (Lipinski definition) is 1. The first-order valence-corrected chi connectivity index (χ1v) is 8.03. The number of rotatable bonds is 4. The number of aromatic nitrogens is 1. The molecule has 0 bridgehead atoms. The third kappa shape index (κ3) is 4.03. The van der Waals surface area contributed by atoms with Crippen LogP contribution in [-0.2, 0) is 21.6 Å². The van der Waals surface area contributed by atoms with Crippen molar-refractivity contribution in [3.05, 3.63) is 16.1 Å². The molecule has 112 valence electrons. The highest BCUT2D eigenvalue weighted by Gasteiger charge is 2.26. The van der Waals surface area contributed by atoms with Gasteiger partial charge >= 0.3 is 5.97 Å². The molecule has 0 radical (unpaired) electrons. The van der Waals surface area contributed by atoms with Gasteiger partial charge in [0.05, 0.1) is 24.3 Å². The van der Waals surface area contributed by atoms with Crippen LogP contribution in [0.25, 0.3) is 0 Å². The van der Waals surface area contributed by atoms with Crippen LogP contribution in [0.1, 0.15) is 57.2 Å². The standard InChI is InChI=1S/C15H23NO3S/c1-15(2,3)12-9-20-13(16-12)8-19-11-6-4-10(5-7-11)14(17)18/h9-11H,4-8H2,1-3H3,(H,17,18). The molecule has 0 aromatic carbocycles. The van der Waals surface area contributed by atoms with E-state index in [9.17, 15) is 4.79 Å². The molecule has 0 amide bonds. The van der Waals surface area contributed by atoms with Crippen LogP contribution in [-0.4, -0.2) is 22.2 Å². The Hall–Kier alpha value is -0.940. The van der Waals surface area contributed by atoms with E-state index in [-0.39, 0.29) is 17.4 Å². The number of nitrogens with zero attached hydrogens (tertiary/aromatic N) is 1. The third-order valence-corrected chi connectivity index (χ3v) is 4.61. The van der Waals surface area contributed by atoms with E-state index in [0.717, 1.165) is 36.4 Å². The van der Waals surface area contributed by atoms with Gasteiger partial charge in [0.15, 0.2) is 0 Å². The van der Waals surface area contributed by atoms with Crippen LogP contribution in [0.2, 0.25) is 0 Å². The summed E-state index contributed by atoms with van der Waals surface area (Å²) in [6.45, 7) is 7.00. The summed E-state index contributed by atoms with van der Waals surface area (Å²) in [7, 11) is 0. The van der Waals surface area contributed by atoms with Crippen molar-refractivity contribution >= 4 is 17.3 Å². The Kier molecular flexibility index (Phi) is 4.81. The fourth-order valence-electron chi connectivity index (χ4n) is 2.39. The zero-order chi connectivity index (χ0) is 14.8. The summed E-state index contributed by atoms with van der Waals surface area (Å²) in [4.78, 5) is 15.5. The highest BCUT2D eigenvalue weighted by molar-refractivity contribution is 7.09. The summed E-state index contributed by atoms with van der Waals surface area (Å²) in [6, 6.07) is 0. The second-order valence-corrected chi connectivity index (χ2v) is 7.44. The first-order chi connectivity index (χ1) is 9.36. The normalized spacial score (nSPS) is 23.8. The topological polar surface area (TPSA) is 59.4 Å². The van der Waals surface area contributed by atoms with Gasteiger partial charge in [-0.05, 0) is 25.7 Å². The largest absolute Gasteiger partial charge is 0.481 e. The minimum Gasteiger partial charge on any atom is -0.481 e. The smallest absolute Gasteiger partial charge is 0.306 e. The summed E-state index contributed by atoms with van der Waals surface area (Å²) in [5, 5.41) is 12.1. The molecule has 1 saturated carbocycles. The summed E-state index contributed by atoms with van der Waals surface area (Å²) in [5.74, 6) is -0.847. The van der Waals surface area contributed by atoms with E-state index in [1.807, 2.05) is 0 Å². The number of carboxylic acids is 1. The van der Waals surface area contributed by atoms with Crippen LogP contribution in [0, 0.1) is 5.92 Å². The molecule has 0 unspecified atom stereocenters. The first-order valence-electron chi connectivity index (χ1n) is 7.15. The lowest BCUT2D eigenvalue weighted by molar-refractivity contribution is -0.143. The molecular weight excluding hydrogens is 274 g/mol. The van der Waals surface area contributed by atoms with Gasteiger partial charge < -0.3 is 9.84 Å². The fourth-order valence-corrected chi connectivity index (χ4v) is 3.33. The molecule has 1 aromatic rings. The lowest BCUT2D eigenvalue weighted by Gasteiger charge is -2.25. The maximum Gasteiger partial charge on any atom is 0.306 e. The molecule has 20 heavy (non-hydrogen) atoms. The van der Waals surface area contributed by atoms with Crippen molar-refractivity contribution in [1.82, 2.24) is 4.98 Å². The SMILES string of the molecule is CC(C)(C)c1csc(COC2CCC(C(=O)O)CC2)n1. The number of carboxylic acid groups (broad SMARTS) is 1. The lowest BCUT2D eigenvalue weighted by atomic mass is 9.87. The first kappa shape index (κ1) is 15.4. The van der Waals surface area contributed by atoms with Crippen LogP contribution in [0.4, 0.5) is 0 Å². The fraction of sp³-hybridized carbons (Fsp3) is 0.733. The second kappa shape index (κ2) is 6.22. The van der Waals surface area contributed by atoms with Crippen LogP contribution >= 0.6 is 11.3 Å². The lowest BCUT2D eigenvalue weighted by Crippen LogP contribution is -2.25. The van der Waals surface area contributed by atoms with Crippen molar-refractivity contribution in [3.8, 4) is 0 Å². The number of aliphatic carboxylic acids is 1. The minimum atomic E-state index is -0.668. The molecule has 4 nitrogen and oxygen atoms in total. The zero-order valence-electron chi connectivity index (χ0n) is 12.4. The average molecular weight is 297 g/mol. The predicted molar refractivity (Wildman–Crippen MR) is 79.0 cm³/mol. The van der Waals surface area contributed by atoms with Gasteiger partial charge in [0.1, 0.15) is 5.01 Å². The Labute approximate surface area is 124 Å². The van der Waals surface area contributed by atoms with Gasteiger partial charge in [-0.3, -0.25) is 4.79 Å². The molecule has 1 aliphatic rings. The molecule has 5 heteroatoms. The van der Waals surface area contributed by atoms with Crippen LogP contribution in [0.15, 0.2) is 5.38 Å². The maximum atomic E-state index is 10.9. The quantitative estimate of drug-likeness (QED) is 0.922. The van der Waals surface area contributed by atoms with Crippen LogP contribution < -0.4 is 0 Å². The molecule has 1 heterocycles. The van der Waals surface area contributed by atoms with E-state index < -0.39 is 5.97 Å². The van der Waals surface area contributed by atoms with Gasteiger partial charge in [0.25, 0.3) is 0 Å². The zero-order valence-corrected chi connectivity index (χ0v) is 13.2. The van der Waals surface area contributed by atoms with Crippen molar-refractivity contribution in [2.24, 2.45) is 5.92 Å². The van der Waals surface area contributed by atoms with Crippen LogP contribution in [0.3, 0.4) is 0 Å². The van der Waals surface area contributed by atoms with Crippen molar-refractivity contribution < 1.29 is 14.6 Å². The summed E-state index contributed by atoms with van der Waals surface area (Å²) in [5.41, 5.74) is 1.18. The van der Waals surface area contributed by atoms with E-state index in [0.29, 0.717) is 6.61 Å². The van der Waals surface area contributed by atoms with E-state index in [4.69, 9.17) is 9.84 Å². The molecule has 0 atom stereocenters. The average Bonchev–Trinajstić information content (AvgIpc) is 2.85. The highest BCUT2D eigenvalue weighted by Crippen LogP contribution is 2.28. The van der Waals surface area contributed by atoms with E-state index in [1.165, 1.54) is 0 Å². The highest BCUT2D eigenvalue weighted by atomic mass is 32.1. The van der Waals surface area contributed by atoms with Crippen molar-refractivity contribution in [2.45, 2.75) is 64.6 Å². The molecular formula is C15H23NO3S. The molecule has 1 aromatic heterocycles. The van der Waals surface area contributed by atoms with Gasteiger partial charge in [-0.2, -0.15) is 0 Å². The van der Waals surface area contributed by atoms with Crippen molar-refractivity contribution in [2.75, 3.05) is 0 Å². The molecule has 1 fully saturated rings.